The molecule has 0 saturated carbocycles. The molecule has 3 aliphatic rings. The summed E-state index contributed by atoms with van der Waals surface area (Å²) in [6, 6.07) is 0. The molecule has 3 heterocycles. The van der Waals surface area contributed by atoms with Gasteiger partial charge in [-0.2, -0.15) is 0 Å². The number of nitrogens with zero attached hydrogens (tertiary/aromatic N) is 3. The van der Waals surface area contributed by atoms with E-state index in [4.69, 9.17) is 14.2 Å². The third-order valence-corrected chi connectivity index (χ3v) is 8.41. The molecule has 6 nitrogen and oxygen atoms in total. The first kappa shape index (κ1) is 15.0. The number of morpholine rings is 3. The molecule has 0 radical (unpaired) electrons. The molecule has 0 aliphatic carbocycles. The van der Waals surface area contributed by atoms with E-state index in [1.807, 2.05) is 0 Å². The van der Waals surface area contributed by atoms with Gasteiger partial charge in [0, 0.05) is 45.5 Å². The summed E-state index contributed by atoms with van der Waals surface area (Å²) in [6.45, 7) is 11.4. The lowest BCUT2D eigenvalue weighted by Crippen LogP contribution is -2.56. The van der Waals surface area contributed by atoms with Crippen LogP contribution in [0.25, 0.3) is 0 Å². The fourth-order valence-electron chi connectivity index (χ4n) is 3.17. The van der Waals surface area contributed by atoms with E-state index in [9.17, 15) is 0 Å². The summed E-state index contributed by atoms with van der Waals surface area (Å²) in [4.78, 5) is 0. The Morgan fingerprint density at radius 1 is 0.550 bits per heavy atom. The van der Waals surface area contributed by atoms with Crippen molar-refractivity contribution in [1.82, 2.24) is 12.9 Å². The molecule has 0 bridgehead atoms. The number of ether oxygens (including phenoxy) is 3. The highest BCUT2D eigenvalue weighted by Crippen LogP contribution is 2.55. The van der Waals surface area contributed by atoms with Crippen molar-refractivity contribution in [2.75, 3.05) is 85.2 Å². The molecule has 0 aromatic heterocycles. The van der Waals surface area contributed by atoms with Gasteiger partial charge in [-0.15, -0.1) is 0 Å². The van der Waals surface area contributed by atoms with Gasteiger partial charge >= 0.3 is 0 Å². The molecule has 3 saturated heterocycles. The molecule has 3 fully saturated rings. The van der Waals surface area contributed by atoms with Gasteiger partial charge in [-0.05, 0) is 0 Å². The summed E-state index contributed by atoms with van der Waals surface area (Å²) in [5, 5.41) is 0. The molecule has 0 aromatic rings. The van der Waals surface area contributed by atoms with Gasteiger partial charge in [0.2, 0.25) is 0 Å². The van der Waals surface area contributed by atoms with Crippen LogP contribution in [0.1, 0.15) is 0 Å². The predicted octanol–water partition coefficient (Wildman–Crippen LogP) is 0.162. The zero-order valence-corrected chi connectivity index (χ0v) is 13.3. The minimum atomic E-state index is -1.08. The lowest BCUT2D eigenvalue weighted by atomic mass is 10.5. The number of hydrogen-bond donors (Lipinski definition) is 0. The van der Waals surface area contributed by atoms with E-state index in [1.165, 1.54) is 0 Å². The van der Waals surface area contributed by atoms with Crippen molar-refractivity contribution >= 4 is 10.6 Å². The van der Waals surface area contributed by atoms with E-state index in [0.717, 1.165) is 78.9 Å². The van der Waals surface area contributed by atoms with Crippen molar-refractivity contribution in [1.29, 1.82) is 0 Å². The second-order valence-electron chi connectivity index (χ2n) is 5.42. The van der Waals surface area contributed by atoms with Crippen molar-refractivity contribution in [3.05, 3.63) is 0 Å². The number of rotatable bonds is 3. The Kier molecular flexibility index (Phi) is 5.19. The highest BCUT2D eigenvalue weighted by Gasteiger charge is 2.40. The average Bonchev–Trinajstić information content (AvgIpc) is 2.56. The average molecular weight is 305 g/mol. The Morgan fingerprint density at radius 3 is 1.05 bits per heavy atom. The lowest BCUT2D eigenvalue weighted by molar-refractivity contribution is 0.0430. The zero-order valence-electron chi connectivity index (χ0n) is 12.5. The van der Waals surface area contributed by atoms with Gasteiger partial charge in [0.1, 0.15) is 0 Å². The number of hydrogen-bond acceptors (Lipinski definition) is 6. The van der Waals surface area contributed by atoms with E-state index in [1.54, 1.807) is 0 Å². The van der Waals surface area contributed by atoms with Gasteiger partial charge in [0.15, 0.2) is 0 Å². The molecule has 118 valence electrons. The Hall–Kier alpha value is 0.110. The molecule has 0 N–H and O–H groups in total. The summed E-state index contributed by atoms with van der Waals surface area (Å²) in [6.07, 6.45) is 2.45. The van der Waals surface area contributed by atoms with Crippen molar-refractivity contribution in [3.8, 4) is 0 Å². The third-order valence-electron chi connectivity index (χ3n) is 4.38. The summed E-state index contributed by atoms with van der Waals surface area (Å²) < 4.78 is 24.6. The molecule has 0 aromatic carbocycles. The standard InChI is InChI=1S/C13H27N3O3S/c1-20(14-2-8-17-9-3-14,15-4-10-18-11-5-15)16-6-12-19-13-7-16/h2-13H2,1H3. The Morgan fingerprint density at radius 2 is 0.800 bits per heavy atom. The minimum absolute atomic E-state index is 0.858. The molecular formula is C13H27N3O3S. The Bertz CT molecular complexity index is 258. The molecule has 7 heteroatoms. The molecule has 3 aliphatic heterocycles. The van der Waals surface area contributed by atoms with Gasteiger partial charge in [0.25, 0.3) is 0 Å². The van der Waals surface area contributed by atoms with Crippen LogP contribution in [-0.4, -0.2) is 98.1 Å². The largest absolute Gasteiger partial charge is 0.379 e. The van der Waals surface area contributed by atoms with Gasteiger partial charge in [-0.1, -0.05) is 10.6 Å². The van der Waals surface area contributed by atoms with Crippen LogP contribution in [0.5, 0.6) is 0 Å². The van der Waals surface area contributed by atoms with Crippen LogP contribution in [0.3, 0.4) is 0 Å². The van der Waals surface area contributed by atoms with E-state index < -0.39 is 10.6 Å². The van der Waals surface area contributed by atoms with Crippen molar-refractivity contribution in [3.63, 3.8) is 0 Å². The van der Waals surface area contributed by atoms with E-state index in [0.29, 0.717) is 0 Å². The SMILES string of the molecule is CS(N1CCOCC1)(N1CCOCC1)N1CCOCC1. The van der Waals surface area contributed by atoms with Crippen LogP contribution in [0.4, 0.5) is 0 Å². The fraction of sp³-hybridized carbons (Fsp3) is 1.00. The second kappa shape index (κ2) is 6.91. The molecule has 0 unspecified atom stereocenters. The molecular weight excluding hydrogens is 278 g/mol. The topological polar surface area (TPSA) is 37.4 Å². The second-order valence-corrected chi connectivity index (χ2v) is 8.55. The van der Waals surface area contributed by atoms with Gasteiger partial charge in [-0.25, -0.2) is 12.9 Å². The van der Waals surface area contributed by atoms with Crippen LogP contribution in [0.2, 0.25) is 0 Å². The van der Waals surface area contributed by atoms with Gasteiger partial charge in [0.05, 0.1) is 39.6 Å². The van der Waals surface area contributed by atoms with Crippen LogP contribution in [0.15, 0.2) is 0 Å². The molecule has 0 amide bonds. The third kappa shape index (κ3) is 2.99. The summed E-state index contributed by atoms with van der Waals surface area (Å²) in [5.41, 5.74) is 0. The fourth-order valence-corrected chi connectivity index (χ4v) is 6.67. The zero-order chi connectivity index (χ0) is 13.8. The van der Waals surface area contributed by atoms with Crippen molar-refractivity contribution in [2.24, 2.45) is 0 Å². The maximum absolute atomic E-state index is 5.55. The normalized spacial score (nSPS) is 29.4. The van der Waals surface area contributed by atoms with Crippen LogP contribution < -0.4 is 0 Å². The van der Waals surface area contributed by atoms with Gasteiger partial charge < -0.3 is 14.2 Å². The summed E-state index contributed by atoms with van der Waals surface area (Å²) in [5.74, 6) is 0. The monoisotopic (exact) mass is 305 g/mol. The molecule has 0 spiro atoms. The summed E-state index contributed by atoms with van der Waals surface area (Å²) >= 11 is 0. The summed E-state index contributed by atoms with van der Waals surface area (Å²) in [7, 11) is -1.08. The highest BCUT2D eigenvalue weighted by atomic mass is 32.3. The van der Waals surface area contributed by atoms with Crippen LogP contribution in [-0.2, 0) is 14.2 Å². The minimum Gasteiger partial charge on any atom is -0.379 e. The quantitative estimate of drug-likeness (QED) is 0.740. The van der Waals surface area contributed by atoms with E-state index in [-0.39, 0.29) is 0 Å². The maximum atomic E-state index is 5.55. The maximum Gasteiger partial charge on any atom is 0.0603 e. The van der Waals surface area contributed by atoms with Crippen LogP contribution >= 0.6 is 10.6 Å². The Balaban J connectivity index is 1.79. The van der Waals surface area contributed by atoms with Crippen LogP contribution in [0, 0.1) is 0 Å². The molecule has 20 heavy (non-hydrogen) atoms. The van der Waals surface area contributed by atoms with E-state index >= 15 is 0 Å². The van der Waals surface area contributed by atoms with Gasteiger partial charge in [-0.3, -0.25) is 0 Å². The highest BCUT2D eigenvalue weighted by molar-refractivity contribution is 8.27. The first-order chi connectivity index (χ1) is 9.82. The van der Waals surface area contributed by atoms with E-state index in [2.05, 4.69) is 19.2 Å². The predicted molar refractivity (Wildman–Crippen MR) is 80.7 cm³/mol. The van der Waals surface area contributed by atoms with Crippen molar-refractivity contribution < 1.29 is 14.2 Å². The van der Waals surface area contributed by atoms with Crippen molar-refractivity contribution in [2.45, 2.75) is 0 Å². The first-order valence-electron chi connectivity index (χ1n) is 7.59. The lowest BCUT2D eigenvalue weighted by Gasteiger charge is -2.60. The molecule has 0 atom stereocenters. The first-order valence-corrected chi connectivity index (χ1v) is 9.50. The smallest absolute Gasteiger partial charge is 0.0603 e. The Labute approximate surface area is 123 Å². The molecule has 3 rings (SSSR count).